The predicted molar refractivity (Wildman–Crippen MR) is 153 cm³/mol. The molecule has 1 saturated heterocycles. The molecule has 2 aliphatic carbocycles. The van der Waals surface area contributed by atoms with Gasteiger partial charge in [0.05, 0.1) is 13.1 Å². The third-order valence-corrected chi connectivity index (χ3v) is 9.29. The van der Waals surface area contributed by atoms with E-state index in [9.17, 15) is 28.0 Å². The molecular formula is C30H27F2N5O5S. The maximum atomic E-state index is 14.9. The van der Waals surface area contributed by atoms with Gasteiger partial charge in [-0.1, -0.05) is 37.3 Å². The van der Waals surface area contributed by atoms with Crippen LogP contribution in [-0.4, -0.2) is 53.2 Å². The van der Waals surface area contributed by atoms with E-state index in [-0.39, 0.29) is 52.7 Å². The summed E-state index contributed by atoms with van der Waals surface area (Å²) >= 11 is 1.26. The third-order valence-electron chi connectivity index (χ3n) is 8.36. The lowest BCUT2D eigenvalue weighted by molar-refractivity contribution is -0.139. The minimum absolute atomic E-state index is 0.111. The van der Waals surface area contributed by atoms with E-state index in [0.29, 0.717) is 22.4 Å². The molecule has 3 atom stereocenters. The average molecular weight is 608 g/mol. The molecule has 3 aromatic rings. The molecule has 0 unspecified atom stereocenters. The topological polar surface area (TPSA) is 155 Å². The normalized spacial score (nSPS) is 22.2. The van der Waals surface area contributed by atoms with Crippen molar-refractivity contribution in [1.82, 2.24) is 15.5 Å². The number of primary amides is 1. The number of alkyl halides is 2. The van der Waals surface area contributed by atoms with E-state index in [1.807, 2.05) is 6.92 Å². The second-order valence-electron chi connectivity index (χ2n) is 11.2. The molecule has 2 heterocycles. The molecule has 0 radical (unpaired) electrons. The number of likely N-dealkylation sites (tertiary alicyclic amines) is 1. The Morgan fingerprint density at radius 3 is 2.56 bits per heavy atom. The first-order chi connectivity index (χ1) is 20.4. The highest BCUT2D eigenvalue weighted by Crippen LogP contribution is 2.59. The number of hydrogen-bond donors (Lipinski definition) is 4. The Kier molecular flexibility index (Phi) is 6.79. The summed E-state index contributed by atoms with van der Waals surface area (Å²) in [6.45, 7) is 1.80. The molecule has 0 bridgehead atoms. The summed E-state index contributed by atoms with van der Waals surface area (Å²) in [6, 6.07) is 10.9. The zero-order valence-electron chi connectivity index (χ0n) is 22.9. The second-order valence-corrected chi connectivity index (χ2v) is 12.2. The van der Waals surface area contributed by atoms with E-state index in [1.54, 1.807) is 29.6 Å². The smallest absolute Gasteiger partial charge is 0.391 e. The van der Waals surface area contributed by atoms with E-state index in [0.717, 1.165) is 6.42 Å². The van der Waals surface area contributed by atoms with Gasteiger partial charge in [-0.05, 0) is 47.6 Å². The fraction of sp³-hybridized carbons (Fsp3) is 0.300. The van der Waals surface area contributed by atoms with Gasteiger partial charge in [-0.15, -0.1) is 11.3 Å². The largest absolute Gasteiger partial charge is 0.411 e. The number of carbonyl (C=O) groups is 4. The van der Waals surface area contributed by atoms with Crippen LogP contribution in [0.1, 0.15) is 51.7 Å². The number of amides is 4. The minimum Gasteiger partial charge on any atom is -0.391 e. The van der Waals surface area contributed by atoms with Crippen LogP contribution in [-0.2, 0) is 26.8 Å². The monoisotopic (exact) mass is 607 g/mol. The molecule has 43 heavy (non-hydrogen) atoms. The van der Waals surface area contributed by atoms with Gasteiger partial charge in [0.1, 0.15) is 6.04 Å². The molecule has 222 valence electrons. The number of benzene rings is 2. The first-order valence-corrected chi connectivity index (χ1v) is 14.4. The number of fused-ring (bicyclic) bond motifs is 4. The van der Waals surface area contributed by atoms with Crippen LogP contribution in [0.2, 0.25) is 0 Å². The van der Waals surface area contributed by atoms with Crippen LogP contribution < -0.4 is 16.4 Å². The highest BCUT2D eigenvalue weighted by Gasteiger charge is 2.64. The highest BCUT2D eigenvalue weighted by molar-refractivity contribution is 7.10. The lowest BCUT2D eigenvalue weighted by atomic mass is 10.0. The number of nitrogens with one attached hydrogen (secondary N) is 3. The quantitative estimate of drug-likeness (QED) is 0.238. The molecule has 1 saturated carbocycles. The van der Waals surface area contributed by atoms with Crippen LogP contribution in [0.15, 0.2) is 53.9 Å². The van der Waals surface area contributed by atoms with Crippen LogP contribution >= 0.6 is 11.3 Å². The number of hydrogen-bond acceptors (Lipinski definition) is 7. The van der Waals surface area contributed by atoms with Crippen molar-refractivity contribution in [2.24, 2.45) is 11.1 Å². The highest BCUT2D eigenvalue weighted by atomic mass is 32.1. The van der Waals surface area contributed by atoms with E-state index in [4.69, 9.17) is 11.1 Å². The Morgan fingerprint density at radius 1 is 1.05 bits per heavy atom. The molecule has 13 heteroatoms. The summed E-state index contributed by atoms with van der Waals surface area (Å²) in [5.41, 5.74) is 5.61. The summed E-state index contributed by atoms with van der Waals surface area (Å²) in [5, 5.41) is 14.8. The molecule has 10 nitrogen and oxygen atoms in total. The van der Waals surface area contributed by atoms with E-state index < -0.39 is 35.8 Å². The number of piperidine rings is 1. The van der Waals surface area contributed by atoms with E-state index >= 15 is 0 Å². The van der Waals surface area contributed by atoms with Crippen LogP contribution in [0, 0.1) is 10.8 Å². The predicted octanol–water partition coefficient (Wildman–Crippen LogP) is 3.71. The number of ether oxygens (including phenoxy) is 1. The van der Waals surface area contributed by atoms with Crippen LogP contribution in [0.3, 0.4) is 0 Å². The third kappa shape index (κ3) is 5.03. The number of nitrogens with two attached hydrogens (primary N) is 1. The van der Waals surface area contributed by atoms with Gasteiger partial charge in [-0.2, -0.15) is 8.78 Å². The van der Waals surface area contributed by atoms with Crippen molar-refractivity contribution in [3.05, 3.63) is 81.0 Å². The number of halogens is 2. The summed E-state index contributed by atoms with van der Waals surface area (Å²) in [7, 11) is 0. The van der Waals surface area contributed by atoms with Crippen molar-refractivity contribution in [3.63, 3.8) is 0 Å². The minimum atomic E-state index is -3.16. The summed E-state index contributed by atoms with van der Waals surface area (Å²) in [5.74, 6) is -4.89. The fourth-order valence-electron chi connectivity index (χ4n) is 6.07. The van der Waals surface area contributed by atoms with Crippen molar-refractivity contribution in [3.8, 4) is 11.1 Å². The Bertz CT molecular complexity index is 1710. The number of carbonyl (C=O) groups excluding carboxylic acids is 4. The van der Waals surface area contributed by atoms with Crippen molar-refractivity contribution >= 4 is 41.0 Å². The lowest BCUT2D eigenvalue weighted by Crippen LogP contribution is -2.50. The molecule has 2 fully saturated rings. The molecule has 3 aliphatic rings. The first kappa shape index (κ1) is 28.5. The van der Waals surface area contributed by atoms with E-state index in [1.165, 1.54) is 40.5 Å². The molecule has 1 aromatic heterocycles. The zero-order chi connectivity index (χ0) is 30.7. The summed E-state index contributed by atoms with van der Waals surface area (Å²) in [6.07, 6.45) is 0.141. The molecule has 0 spiro atoms. The summed E-state index contributed by atoms with van der Waals surface area (Å²) < 4.78 is 34.3. The van der Waals surface area contributed by atoms with Gasteiger partial charge < -0.3 is 26.0 Å². The second kappa shape index (κ2) is 10.3. The lowest BCUT2D eigenvalue weighted by Gasteiger charge is -2.27. The van der Waals surface area contributed by atoms with Crippen molar-refractivity contribution < 1.29 is 32.7 Å². The van der Waals surface area contributed by atoms with Crippen molar-refractivity contribution in [2.45, 2.75) is 44.3 Å². The average Bonchev–Trinajstić information content (AvgIpc) is 3.26. The van der Waals surface area contributed by atoms with Gasteiger partial charge in [0.2, 0.25) is 17.7 Å². The molecule has 1 aliphatic heterocycles. The Labute approximate surface area is 248 Å². The zero-order valence-corrected chi connectivity index (χ0v) is 23.7. The fourth-order valence-corrected chi connectivity index (χ4v) is 6.88. The molecule has 4 amide bonds. The number of rotatable bonds is 7. The maximum Gasteiger partial charge on any atom is 0.411 e. The maximum absolute atomic E-state index is 14.9. The van der Waals surface area contributed by atoms with E-state index in [2.05, 4.69) is 15.4 Å². The standard InChI is InChI=1S/C30H27F2N5O5S/c1-29-10-22(27(40)35-12-17-8-16(14-43-17)25(33)42-28(34)41)37(23(29)11-29)24(38)13-36-26(39)15-6-7-21-19(9-15)18-4-2-3-5-20(18)30(21,31)32/h2-9,14,22-23,33H,10-13H2,1H3,(H2,34,41)(H,35,40)(H,36,39)/t22-,23-,29+/m0/s1. The summed E-state index contributed by atoms with van der Waals surface area (Å²) in [4.78, 5) is 52.6. The van der Waals surface area contributed by atoms with Gasteiger partial charge in [0, 0.05) is 38.6 Å². The SMILES string of the molecule is C[C@@]12C[C@@H]1N(C(=O)CNC(=O)c1ccc3c(c1)-c1ccccc1C3(F)F)[C@H](C(=O)NCc1cc(C(=N)OC(N)=O)cs1)C2. The van der Waals surface area contributed by atoms with Crippen molar-refractivity contribution in [2.75, 3.05) is 6.54 Å². The van der Waals surface area contributed by atoms with Gasteiger partial charge in [-0.3, -0.25) is 19.8 Å². The number of nitrogens with zero attached hydrogens (tertiary/aromatic N) is 1. The van der Waals surface area contributed by atoms with Gasteiger partial charge >= 0.3 is 6.09 Å². The molecule has 2 aromatic carbocycles. The Hall–Kier alpha value is -4.65. The molecular weight excluding hydrogens is 580 g/mol. The van der Waals surface area contributed by atoms with Gasteiger partial charge in [0.15, 0.2) is 0 Å². The Balaban J connectivity index is 1.09. The van der Waals surface area contributed by atoms with Crippen LogP contribution in [0.25, 0.3) is 11.1 Å². The number of thiophene rings is 1. The van der Waals surface area contributed by atoms with Crippen LogP contribution in [0.4, 0.5) is 13.6 Å². The Morgan fingerprint density at radius 2 is 1.79 bits per heavy atom. The first-order valence-electron chi connectivity index (χ1n) is 13.5. The van der Waals surface area contributed by atoms with Crippen molar-refractivity contribution in [1.29, 1.82) is 5.41 Å². The van der Waals surface area contributed by atoms with Gasteiger partial charge in [0.25, 0.3) is 11.8 Å². The van der Waals surface area contributed by atoms with Crippen LogP contribution in [0.5, 0.6) is 0 Å². The molecule has 5 N–H and O–H groups in total. The molecule has 6 rings (SSSR count). The van der Waals surface area contributed by atoms with Gasteiger partial charge in [-0.25, -0.2) is 4.79 Å².